The van der Waals surface area contributed by atoms with Crippen LogP contribution in [0.4, 0.5) is 18.9 Å². The van der Waals surface area contributed by atoms with Gasteiger partial charge in [0.25, 0.3) is 0 Å². The van der Waals surface area contributed by atoms with Crippen LogP contribution in [0.3, 0.4) is 0 Å². The minimum absolute atomic E-state index is 0.0873. The van der Waals surface area contributed by atoms with Crippen molar-refractivity contribution in [2.75, 3.05) is 25.0 Å². The van der Waals surface area contributed by atoms with Gasteiger partial charge >= 0.3 is 12.1 Å². The summed E-state index contributed by atoms with van der Waals surface area (Å²) in [4.78, 5) is 13.2. The van der Waals surface area contributed by atoms with Crippen molar-refractivity contribution >= 4 is 11.6 Å². The average Bonchev–Trinajstić information content (AvgIpc) is 2.50. The van der Waals surface area contributed by atoms with Crippen molar-refractivity contribution in [3.8, 4) is 5.75 Å². The molecule has 0 aliphatic carbocycles. The number of rotatable bonds is 5. The fourth-order valence-corrected chi connectivity index (χ4v) is 2.61. The van der Waals surface area contributed by atoms with Gasteiger partial charge in [0.1, 0.15) is 12.4 Å². The molecule has 1 N–H and O–H groups in total. The van der Waals surface area contributed by atoms with E-state index in [0.717, 1.165) is 13.1 Å². The molecule has 1 amide bonds. The third kappa shape index (κ3) is 5.42. The highest BCUT2D eigenvalue weighted by Crippen LogP contribution is 2.21. The number of likely N-dealkylation sites (tertiary alicyclic amines) is 1. The molecule has 0 aromatic heterocycles. The second-order valence-electron chi connectivity index (χ2n) is 5.71. The number of nitrogens with zero attached hydrogens (tertiary/aromatic N) is 1. The zero-order chi connectivity index (χ0) is 16.9. The number of halogens is 3. The molecule has 1 aromatic rings. The van der Waals surface area contributed by atoms with Crippen molar-refractivity contribution in [2.24, 2.45) is 0 Å². The summed E-state index contributed by atoms with van der Waals surface area (Å²) >= 11 is 0. The Hall–Kier alpha value is -1.76. The molecule has 4 nitrogen and oxygen atoms in total. The van der Waals surface area contributed by atoms with Crippen molar-refractivity contribution in [2.45, 2.75) is 38.4 Å². The molecular weight excluding hydrogens is 309 g/mol. The number of amides is 1. The van der Waals surface area contributed by atoms with Crippen molar-refractivity contribution in [1.29, 1.82) is 0 Å². The predicted molar refractivity (Wildman–Crippen MR) is 81.5 cm³/mol. The van der Waals surface area contributed by atoms with Gasteiger partial charge in [0, 0.05) is 18.3 Å². The van der Waals surface area contributed by atoms with Crippen LogP contribution in [-0.2, 0) is 4.79 Å². The largest absolute Gasteiger partial charge is 0.492 e. The average molecular weight is 330 g/mol. The van der Waals surface area contributed by atoms with Crippen LogP contribution in [0, 0.1) is 0 Å². The number of hydrogen-bond acceptors (Lipinski definition) is 3. The second-order valence-corrected chi connectivity index (χ2v) is 5.71. The minimum atomic E-state index is -4.89. The maximum absolute atomic E-state index is 12.1. The van der Waals surface area contributed by atoms with Crippen molar-refractivity contribution < 1.29 is 22.7 Å². The normalized spacial score (nSPS) is 19.4. The zero-order valence-corrected chi connectivity index (χ0v) is 13.0. The number of alkyl halides is 3. The van der Waals surface area contributed by atoms with E-state index in [2.05, 4.69) is 11.8 Å². The second kappa shape index (κ2) is 7.68. The third-order valence-corrected chi connectivity index (χ3v) is 3.96. The van der Waals surface area contributed by atoms with Gasteiger partial charge in [-0.15, -0.1) is 0 Å². The molecule has 0 radical (unpaired) electrons. The lowest BCUT2D eigenvalue weighted by Crippen LogP contribution is -2.39. The summed E-state index contributed by atoms with van der Waals surface area (Å²) in [6.07, 6.45) is -1.21. The molecule has 1 saturated heterocycles. The quantitative estimate of drug-likeness (QED) is 0.899. The van der Waals surface area contributed by atoms with Crippen molar-refractivity contribution in [1.82, 2.24) is 4.90 Å². The molecule has 1 heterocycles. The molecule has 23 heavy (non-hydrogen) atoms. The van der Waals surface area contributed by atoms with E-state index in [4.69, 9.17) is 4.74 Å². The number of piperidine rings is 1. The Balaban J connectivity index is 1.77. The first-order valence-corrected chi connectivity index (χ1v) is 7.71. The highest BCUT2D eigenvalue weighted by atomic mass is 19.4. The van der Waals surface area contributed by atoms with Gasteiger partial charge in [-0.3, -0.25) is 9.69 Å². The highest BCUT2D eigenvalue weighted by Gasteiger charge is 2.38. The molecular formula is C16H21F3N2O2. The molecule has 7 heteroatoms. The van der Waals surface area contributed by atoms with Crippen LogP contribution in [0.2, 0.25) is 0 Å². The van der Waals surface area contributed by atoms with Gasteiger partial charge in [-0.2, -0.15) is 13.2 Å². The lowest BCUT2D eigenvalue weighted by molar-refractivity contribution is -0.167. The van der Waals surface area contributed by atoms with Gasteiger partial charge in [0.15, 0.2) is 0 Å². The SMILES string of the molecule is C[C@@H]1CCCCN1CCOc1ccc(NC(=O)C(F)(F)F)cc1. The highest BCUT2D eigenvalue weighted by molar-refractivity contribution is 5.94. The van der Waals surface area contributed by atoms with E-state index in [1.54, 1.807) is 17.4 Å². The van der Waals surface area contributed by atoms with Gasteiger partial charge in [-0.25, -0.2) is 0 Å². The molecule has 1 aliphatic rings. The zero-order valence-electron chi connectivity index (χ0n) is 13.0. The summed E-state index contributed by atoms with van der Waals surface area (Å²) in [6.45, 7) is 4.64. The third-order valence-electron chi connectivity index (χ3n) is 3.96. The molecule has 0 bridgehead atoms. The van der Waals surface area contributed by atoms with E-state index in [9.17, 15) is 18.0 Å². The Morgan fingerprint density at radius 2 is 2.00 bits per heavy atom. The van der Waals surface area contributed by atoms with Crippen LogP contribution < -0.4 is 10.1 Å². The Morgan fingerprint density at radius 1 is 1.30 bits per heavy atom. The van der Waals surface area contributed by atoms with E-state index >= 15 is 0 Å². The topological polar surface area (TPSA) is 41.6 Å². The van der Waals surface area contributed by atoms with E-state index in [0.29, 0.717) is 18.4 Å². The smallest absolute Gasteiger partial charge is 0.471 e. The predicted octanol–water partition coefficient (Wildman–Crippen LogP) is 3.44. The number of ether oxygens (including phenoxy) is 1. The molecule has 1 atom stereocenters. The maximum Gasteiger partial charge on any atom is 0.471 e. The first-order chi connectivity index (χ1) is 10.9. The standard InChI is InChI=1S/C16H21F3N2O2/c1-12-4-2-3-9-21(12)10-11-23-14-7-5-13(6-8-14)20-15(22)16(17,18)19/h5-8,12H,2-4,9-11H2,1H3,(H,20,22)/t12-/m1/s1. The number of carbonyl (C=O) groups is 1. The molecule has 1 aromatic carbocycles. The summed E-state index contributed by atoms with van der Waals surface area (Å²) in [5.41, 5.74) is 0.0873. The van der Waals surface area contributed by atoms with E-state index in [1.165, 1.54) is 31.4 Å². The number of benzene rings is 1. The summed E-state index contributed by atoms with van der Waals surface area (Å²) in [6, 6.07) is 6.44. The monoisotopic (exact) mass is 330 g/mol. The first kappa shape index (κ1) is 17.6. The molecule has 1 fully saturated rings. The van der Waals surface area contributed by atoms with Gasteiger partial charge < -0.3 is 10.1 Å². The van der Waals surface area contributed by atoms with E-state index < -0.39 is 12.1 Å². The summed E-state index contributed by atoms with van der Waals surface area (Å²) < 4.78 is 42.1. The lowest BCUT2D eigenvalue weighted by atomic mass is 10.0. The fourth-order valence-electron chi connectivity index (χ4n) is 2.61. The summed E-state index contributed by atoms with van der Waals surface area (Å²) in [5, 5.41) is 1.79. The molecule has 0 saturated carbocycles. The fraction of sp³-hybridized carbons (Fsp3) is 0.562. The van der Waals surface area contributed by atoms with Gasteiger partial charge in [-0.1, -0.05) is 6.42 Å². The van der Waals surface area contributed by atoms with Gasteiger partial charge in [-0.05, 0) is 50.6 Å². The molecule has 128 valence electrons. The Morgan fingerprint density at radius 3 is 2.61 bits per heavy atom. The Kier molecular flexibility index (Phi) is 5.87. The van der Waals surface area contributed by atoms with Crippen LogP contribution >= 0.6 is 0 Å². The minimum Gasteiger partial charge on any atom is -0.492 e. The van der Waals surface area contributed by atoms with Gasteiger partial charge in [0.2, 0.25) is 0 Å². The molecule has 0 spiro atoms. The van der Waals surface area contributed by atoms with Crippen LogP contribution in [0.25, 0.3) is 0 Å². The number of nitrogens with one attached hydrogen (secondary N) is 1. The summed E-state index contributed by atoms with van der Waals surface area (Å²) in [5.74, 6) is -1.41. The maximum atomic E-state index is 12.1. The van der Waals surface area contributed by atoms with Crippen LogP contribution in [0.15, 0.2) is 24.3 Å². The van der Waals surface area contributed by atoms with Crippen molar-refractivity contribution in [3.05, 3.63) is 24.3 Å². The van der Waals surface area contributed by atoms with Crippen LogP contribution in [-0.4, -0.2) is 42.7 Å². The lowest BCUT2D eigenvalue weighted by Gasteiger charge is -2.33. The van der Waals surface area contributed by atoms with Crippen LogP contribution in [0.1, 0.15) is 26.2 Å². The first-order valence-electron chi connectivity index (χ1n) is 7.71. The van der Waals surface area contributed by atoms with Gasteiger partial charge in [0.05, 0.1) is 0 Å². The number of carbonyl (C=O) groups excluding carboxylic acids is 1. The van der Waals surface area contributed by atoms with Crippen molar-refractivity contribution in [3.63, 3.8) is 0 Å². The molecule has 0 unspecified atom stereocenters. The van der Waals surface area contributed by atoms with E-state index in [1.807, 2.05) is 0 Å². The van der Waals surface area contributed by atoms with Crippen LogP contribution in [0.5, 0.6) is 5.75 Å². The molecule has 2 rings (SSSR count). The molecule has 1 aliphatic heterocycles. The number of hydrogen-bond donors (Lipinski definition) is 1. The Labute approximate surface area is 133 Å². The Bertz CT molecular complexity index is 517. The van der Waals surface area contributed by atoms with E-state index in [-0.39, 0.29) is 5.69 Å². The number of anilines is 1. The summed E-state index contributed by atoms with van der Waals surface area (Å²) in [7, 11) is 0.